The first-order valence-electron chi connectivity index (χ1n) is 7.50. The van der Waals surface area contributed by atoms with Gasteiger partial charge in [0.25, 0.3) is 0 Å². The van der Waals surface area contributed by atoms with Crippen LogP contribution in [0.2, 0.25) is 5.02 Å². The smallest absolute Gasteiger partial charge is 0.314 e. The maximum Gasteiger partial charge on any atom is 0.314 e. The third-order valence-electron chi connectivity index (χ3n) is 4.49. The molecule has 0 radical (unpaired) electrons. The number of hydrogen-bond donors (Lipinski definition) is 1. The fourth-order valence-corrected chi connectivity index (χ4v) is 3.71. The van der Waals surface area contributed by atoms with E-state index in [1.54, 1.807) is 6.07 Å². The first kappa shape index (κ1) is 15.3. The Balaban J connectivity index is 2.28. The Morgan fingerprint density at radius 2 is 1.95 bits per heavy atom. The van der Waals surface area contributed by atoms with Crippen LogP contribution in [-0.2, 0) is 10.2 Å². The van der Waals surface area contributed by atoms with Gasteiger partial charge in [0, 0.05) is 12.5 Å². The van der Waals surface area contributed by atoms with E-state index in [1.807, 2.05) is 0 Å². The maximum absolute atomic E-state index is 12.1. The number of ether oxygens (including phenoxy) is 3. The van der Waals surface area contributed by atoms with Crippen LogP contribution >= 0.6 is 11.6 Å². The molecule has 0 unspecified atom stereocenters. The second-order valence-corrected chi connectivity index (χ2v) is 6.15. The zero-order valence-corrected chi connectivity index (χ0v) is 13.2. The van der Waals surface area contributed by atoms with Crippen LogP contribution < -0.4 is 14.2 Å². The highest BCUT2D eigenvalue weighted by Crippen LogP contribution is 2.54. The van der Waals surface area contributed by atoms with Crippen molar-refractivity contribution in [2.45, 2.75) is 37.5 Å². The molecule has 1 aromatic rings. The molecule has 0 amide bonds. The van der Waals surface area contributed by atoms with E-state index in [1.165, 1.54) is 7.11 Å². The zero-order chi connectivity index (χ0) is 15.7. The third-order valence-corrected chi connectivity index (χ3v) is 4.78. The van der Waals surface area contributed by atoms with Gasteiger partial charge in [-0.25, -0.2) is 0 Å². The predicted molar refractivity (Wildman–Crippen MR) is 81.4 cm³/mol. The van der Waals surface area contributed by atoms with Crippen molar-refractivity contribution in [2.24, 2.45) is 0 Å². The molecule has 6 heteroatoms. The summed E-state index contributed by atoms with van der Waals surface area (Å²) in [4.78, 5) is 12.1. The molecule has 2 aliphatic rings. The number of hydrogen-bond acceptors (Lipinski definition) is 4. The number of carboxylic acids is 1. The monoisotopic (exact) mass is 326 g/mol. The highest BCUT2D eigenvalue weighted by molar-refractivity contribution is 6.32. The normalized spacial score (nSPS) is 19.5. The van der Waals surface area contributed by atoms with Gasteiger partial charge in [-0.1, -0.05) is 24.4 Å². The Hall–Kier alpha value is -1.62. The van der Waals surface area contributed by atoms with E-state index in [0.717, 1.165) is 19.3 Å². The van der Waals surface area contributed by atoms with E-state index >= 15 is 0 Å². The number of benzene rings is 1. The Labute approximate surface area is 134 Å². The van der Waals surface area contributed by atoms with Crippen LogP contribution in [0.5, 0.6) is 17.2 Å². The Kier molecular flexibility index (Phi) is 4.08. The van der Waals surface area contributed by atoms with Crippen LogP contribution in [0.1, 0.15) is 37.7 Å². The minimum atomic E-state index is -1.02. The van der Waals surface area contributed by atoms with Crippen molar-refractivity contribution in [2.75, 3.05) is 20.3 Å². The summed E-state index contributed by atoms with van der Waals surface area (Å²) in [5, 5.41) is 10.3. The molecule has 120 valence electrons. The minimum Gasteiger partial charge on any atom is -0.495 e. The average molecular weight is 327 g/mol. The lowest BCUT2D eigenvalue weighted by Gasteiger charge is -2.29. The van der Waals surface area contributed by atoms with Gasteiger partial charge < -0.3 is 19.3 Å². The molecule has 1 aromatic carbocycles. The molecule has 1 aliphatic heterocycles. The Morgan fingerprint density at radius 1 is 1.27 bits per heavy atom. The lowest BCUT2D eigenvalue weighted by molar-refractivity contribution is -0.143. The van der Waals surface area contributed by atoms with Crippen molar-refractivity contribution >= 4 is 17.6 Å². The van der Waals surface area contributed by atoms with Crippen molar-refractivity contribution in [3.8, 4) is 17.2 Å². The molecule has 0 saturated heterocycles. The summed E-state index contributed by atoms with van der Waals surface area (Å²) in [5.74, 6) is 0.504. The first-order valence-corrected chi connectivity index (χ1v) is 7.88. The van der Waals surface area contributed by atoms with Crippen molar-refractivity contribution in [3.05, 3.63) is 16.7 Å². The molecular formula is C16H19ClO5. The van der Waals surface area contributed by atoms with Crippen LogP contribution in [0.3, 0.4) is 0 Å². The molecule has 3 rings (SSSR count). The third kappa shape index (κ3) is 2.28. The van der Waals surface area contributed by atoms with E-state index in [2.05, 4.69) is 0 Å². The number of methoxy groups -OCH3 is 1. The number of fused-ring (bicyclic) bond motifs is 1. The van der Waals surface area contributed by atoms with Gasteiger partial charge in [-0.3, -0.25) is 4.79 Å². The van der Waals surface area contributed by atoms with Crippen LogP contribution in [0.15, 0.2) is 6.07 Å². The topological polar surface area (TPSA) is 65.0 Å². The minimum absolute atomic E-state index is 0.356. The van der Waals surface area contributed by atoms with Crippen LogP contribution in [0, 0.1) is 0 Å². The largest absolute Gasteiger partial charge is 0.495 e. The summed E-state index contributed by atoms with van der Waals surface area (Å²) in [6.45, 7) is 1.01. The highest BCUT2D eigenvalue weighted by Gasteiger charge is 2.48. The number of carboxylic acid groups (broad SMARTS) is 1. The first-order chi connectivity index (χ1) is 10.6. The van der Waals surface area contributed by atoms with Gasteiger partial charge in [0.05, 0.1) is 30.9 Å². The van der Waals surface area contributed by atoms with Crippen molar-refractivity contribution in [1.82, 2.24) is 0 Å². The molecule has 0 atom stereocenters. The van der Waals surface area contributed by atoms with Crippen molar-refractivity contribution < 1.29 is 24.1 Å². The number of carbonyl (C=O) groups is 1. The lowest BCUT2D eigenvalue weighted by Crippen LogP contribution is -2.33. The predicted octanol–water partition coefficient (Wildman–Crippen LogP) is 3.41. The number of aliphatic carboxylic acids is 1. The fraction of sp³-hybridized carbons (Fsp3) is 0.562. The second-order valence-electron chi connectivity index (χ2n) is 5.74. The van der Waals surface area contributed by atoms with Gasteiger partial charge in [0.2, 0.25) is 0 Å². The van der Waals surface area contributed by atoms with E-state index in [0.29, 0.717) is 53.9 Å². The fourth-order valence-electron chi connectivity index (χ4n) is 3.44. The SMILES string of the molecule is COc1c(Cl)cc2c(c1C1(C(=O)O)CCCC1)OCCCO2. The van der Waals surface area contributed by atoms with Gasteiger partial charge in [0.1, 0.15) is 11.2 Å². The summed E-state index contributed by atoms with van der Waals surface area (Å²) in [6.07, 6.45) is 3.56. The van der Waals surface area contributed by atoms with Crippen LogP contribution in [0.4, 0.5) is 0 Å². The van der Waals surface area contributed by atoms with Gasteiger partial charge in [0.15, 0.2) is 11.5 Å². The maximum atomic E-state index is 12.1. The summed E-state index contributed by atoms with van der Waals surface area (Å²) >= 11 is 6.31. The van der Waals surface area contributed by atoms with E-state index in [-0.39, 0.29) is 0 Å². The van der Waals surface area contributed by atoms with E-state index in [4.69, 9.17) is 25.8 Å². The molecule has 1 aliphatic carbocycles. The molecule has 1 heterocycles. The molecule has 1 N–H and O–H groups in total. The molecule has 1 saturated carbocycles. The Morgan fingerprint density at radius 3 is 2.59 bits per heavy atom. The summed E-state index contributed by atoms with van der Waals surface area (Å²) in [5.41, 5.74) is -0.488. The molecule has 0 bridgehead atoms. The molecular weight excluding hydrogens is 308 g/mol. The van der Waals surface area contributed by atoms with Crippen molar-refractivity contribution in [3.63, 3.8) is 0 Å². The molecule has 0 aromatic heterocycles. The van der Waals surface area contributed by atoms with Gasteiger partial charge in [-0.05, 0) is 12.8 Å². The molecule has 5 nitrogen and oxygen atoms in total. The number of rotatable bonds is 3. The summed E-state index contributed by atoms with van der Waals surface area (Å²) < 4.78 is 17.0. The van der Waals surface area contributed by atoms with Gasteiger partial charge >= 0.3 is 5.97 Å². The summed E-state index contributed by atoms with van der Waals surface area (Å²) in [6, 6.07) is 1.65. The van der Waals surface area contributed by atoms with Crippen LogP contribution in [0.25, 0.3) is 0 Å². The average Bonchev–Trinajstić information content (AvgIpc) is 2.88. The number of halogens is 1. The standard InChI is InChI=1S/C16H19ClO5/c1-20-13-10(17)9-11-14(22-8-4-7-21-11)12(13)16(15(18)19)5-2-3-6-16/h9H,2-8H2,1H3,(H,18,19). The summed E-state index contributed by atoms with van der Waals surface area (Å²) in [7, 11) is 1.50. The molecule has 1 fully saturated rings. The molecule has 22 heavy (non-hydrogen) atoms. The zero-order valence-electron chi connectivity index (χ0n) is 12.5. The quantitative estimate of drug-likeness (QED) is 0.922. The highest BCUT2D eigenvalue weighted by atomic mass is 35.5. The van der Waals surface area contributed by atoms with Gasteiger partial charge in [-0.2, -0.15) is 0 Å². The van der Waals surface area contributed by atoms with Crippen molar-refractivity contribution in [1.29, 1.82) is 0 Å². The second kappa shape index (κ2) is 5.88. The molecule has 0 spiro atoms. The van der Waals surface area contributed by atoms with E-state index < -0.39 is 11.4 Å². The Bertz CT molecular complexity index is 593. The lowest BCUT2D eigenvalue weighted by atomic mass is 9.77. The van der Waals surface area contributed by atoms with Crippen LogP contribution in [-0.4, -0.2) is 31.4 Å². The van der Waals surface area contributed by atoms with Gasteiger partial charge in [-0.15, -0.1) is 0 Å². The van der Waals surface area contributed by atoms with E-state index in [9.17, 15) is 9.90 Å².